The molecule has 0 bridgehead atoms. The van der Waals surface area contributed by atoms with Crippen LogP contribution in [0, 0.1) is 0 Å². The van der Waals surface area contributed by atoms with Gasteiger partial charge in [0.2, 0.25) is 0 Å². The van der Waals surface area contributed by atoms with Gasteiger partial charge in [0.1, 0.15) is 0 Å². The van der Waals surface area contributed by atoms with Crippen molar-refractivity contribution in [3.8, 4) is 0 Å². The van der Waals surface area contributed by atoms with Gasteiger partial charge in [-0.2, -0.15) is 0 Å². The molecule has 2 aromatic carbocycles. The third-order valence-electron chi connectivity index (χ3n) is 9.43. The van der Waals surface area contributed by atoms with Crippen molar-refractivity contribution in [3.63, 3.8) is 0 Å². The fraction of sp³-hybridized carbons (Fsp3) is 0.182. The molecule has 2 unspecified atom stereocenters. The Bertz CT molecular complexity index is 1520. The van der Waals surface area contributed by atoms with E-state index in [1.165, 1.54) is 25.7 Å². The second-order valence-corrected chi connectivity index (χ2v) is 53.6. The van der Waals surface area contributed by atoms with E-state index >= 15 is 0 Å². The van der Waals surface area contributed by atoms with Gasteiger partial charge in [-0.1, -0.05) is 0 Å². The normalized spacial score (nSPS) is 16.0. The smallest absolute Gasteiger partial charge is 1.00 e. The molecule has 268 valence electrons. The van der Waals surface area contributed by atoms with Crippen LogP contribution in [0.5, 0.6) is 0 Å². The Balaban J connectivity index is 0.000000270. The largest absolute Gasteiger partial charge is 1.00 e. The summed E-state index contributed by atoms with van der Waals surface area (Å²) in [4.78, 5) is 0. The van der Waals surface area contributed by atoms with E-state index in [4.69, 9.17) is 0 Å². The van der Waals surface area contributed by atoms with Crippen molar-refractivity contribution in [3.05, 3.63) is 198 Å². The number of allylic oxidation sites excluding steroid dienone is 16. The molecule has 4 aliphatic carbocycles. The maximum Gasteiger partial charge on any atom is -1.00 e. The molecule has 8 heteroatoms. The van der Waals surface area contributed by atoms with Gasteiger partial charge in [-0.25, -0.2) is 0 Å². The van der Waals surface area contributed by atoms with Crippen molar-refractivity contribution >= 4 is 22.7 Å². The molecule has 0 aromatic heterocycles. The molecule has 0 saturated heterocycles. The Kier molecular flexibility index (Phi) is 20.8. The first-order chi connectivity index (χ1) is 24.7. The number of benzene rings is 2. The topological polar surface area (TPSA) is 6.48 Å². The Hall–Kier alpha value is -2.01. The van der Waals surface area contributed by atoms with E-state index in [0.717, 1.165) is 26.2 Å². The molecule has 2 aromatic rings. The van der Waals surface area contributed by atoms with Crippen LogP contribution in [0.3, 0.4) is 0 Å². The van der Waals surface area contributed by atoms with Crippen molar-refractivity contribution in [1.82, 2.24) is 9.13 Å². The van der Waals surface area contributed by atoms with Gasteiger partial charge in [0.25, 0.3) is 0 Å². The van der Waals surface area contributed by atoms with E-state index in [1.54, 1.807) is 23.7 Å². The van der Waals surface area contributed by atoms with Gasteiger partial charge in [-0.05, 0) is 0 Å². The van der Waals surface area contributed by atoms with Crippen molar-refractivity contribution in [2.75, 3.05) is 26.2 Å². The predicted octanol–water partition coefficient (Wildman–Crippen LogP) is 2.20. The molecule has 0 saturated carbocycles. The maximum absolute atomic E-state index is 4.03. The molecule has 6 rings (SSSR count). The molecule has 4 aliphatic rings. The third kappa shape index (κ3) is 12.0. The summed E-state index contributed by atoms with van der Waals surface area (Å²) in [5.74, 6) is 0. The fourth-order valence-electron chi connectivity index (χ4n) is 7.33. The third-order valence-corrected chi connectivity index (χ3v) is 69.1. The summed E-state index contributed by atoms with van der Waals surface area (Å²) in [6.07, 6.45) is 38.6. The van der Waals surface area contributed by atoms with Gasteiger partial charge in [0.05, 0.1) is 0 Å². The molecule has 2 atom stereocenters. The molecule has 0 radical (unpaired) electrons. The quantitative estimate of drug-likeness (QED) is 0.167. The Morgan fingerprint density at radius 2 is 0.731 bits per heavy atom. The molecule has 2 nitrogen and oxygen atoms in total. The second-order valence-electron chi connectivity index (χ2n) is 12.8. The first-order valence-electron chi connectivity index (χ1n) is 17.9. The van der Waals surface area contributed by atoms with Crippen molar-refractivity contribution in [2.24, 2.45) is 0 Å². The zero-order valence-electron chi connectivity index (χ0n) is 30.3. The van der Waals surface area contributed by atoms with Crippen LogP contribution in [0.4, 0.5) is 0 Å². The van der Waals surface area contributed by atoms with Crippen LogP contribution >= 0.6 is 0 Å². The maximum atomic E-state index is 4.03. The van der Waals surface area contributed by atoms with Gasteiger partial charge < -0.3 is 24.8 Å². The molecule has 0 heterocycles. The molecule has 0 amide bonds. The van der Waals surface area contributed by atoms with E-state index in [-0.39, 0.29) is 24.8 Å². The monoisotopic (exact) mass is 1090 g/mol. The van der Waals surface area contributed by atoms with Crippen LogP contribution < -0.4 is 35.2 Å². The average Bonchev–Trinajstić information content (AvgIpc) is 4.00. The minimum atomic E-state index is -2.17. The van der Waals surface area contributed by atoms with E-state index < -0.39 is 53.5 Å². The summed E-state index contributed by atoms with van der Waals surface area (Å²) in [5.41, 5.74) is 0. The summed E-state index contributed by atoms with van der Waals surface area (Å²) in [7, 11) is 0. The molecule has 52 heavy (non-hydrogen) atoms. The van der Waals surface area contributed by atoms with E-state index in [9.17, 15) is 0 Å². The molecule has 0 spiro atoms. The van der Waals surface area contributed by atoms with Crippen LogP contribution in [-0.2, 0) is 41.2 Å². The minimum absolute atomic E-state index is 0. The minimum Gasteiger partial charge on any atom is -1.00 e. The van der Waals surface area contributed by atoms with Gasteiger partial charge in [0, 0.05) is 0 Å². The molecule has 0 fully saturated rings. The zero-order chi connectivity index (χ0) is 35.0. The van der Waals surface area contributed by atoms with Gasteiger partial charge in [-0.15, -0.1) is 0 Å². The van der Waals surface area contributed by atoms with Crippen molar-refractivity contribution in [2.45, 2.75) is 25.7 Å². The molecule has 0 aliphatic heterocycles. The second kappa shape index (κ2) is 24.4. The van der Waals surface area contributed by atoms with Crippen LogP contribution in [0.2, 0.25) is 0 Å². The Morgan fingerprint density at radius 1 is 0.462 bits per heavy atom. The summed E-state index contributed by atoms with van der Waals surface area (Å²) < 4.78 is 12.5. The van der Waals surface area contributed by atoms with E-state index in [0.29, 0.717) is 0 Å². The number of hydrogen-bond acceptors (Lipinski definition) is 2. The zero-order valence-corrected chi connectivity index (χ0v) is 41.3. The number of rotatable bonds is 18. The van der Waals surface area contributed by atoms with Crippen LogP contribution in [-0.4, -0.2) is 47.6 Å². The number of halogens is 2. The van der Waals surface area contributed by atoms with Crippen LogP contribution in [0.1, 0.15) is 25.7 Å². The first-order valence-corrected chi connectivity index (χ1v) is 40.9. The van der Waals surface area contributed by atoms with Gasteiger partial charge >= 0.3 is 322 Å². The standard InChI is InChI=1S/2C12H16NSi.4C5H5.2ClH.2Hf/c2*1-3-10-13(11-4-2)14-12-8-6-5-7-9-12;4*1-2-4-5-3-1;;;;/h2*3-9,14H,1-2,10-11H2;4*1-3H,4H2;2*1H;;/q;;;;;;;;2*+1/p-2. The average molecular weight is 1090 g/mol. The summed E-state index contributed by atoms with van der Waals surface area (Å²) in [6.45, 7) is 20.0. The SMILES string of the molecule is C=CCN(CC=C)[SiH](c1ccccc1)[Hf+]([C]1=CC=CC1)[C]1=CC=CC1.C=CCN(CC=C)[SiH](c1ccccc1)[Hf+]([C]1=CC=CC1)[C]1=CC=CC1.[Cl-].[Cl-]. The Labute approximate surface area is 343 Å². The fourth-order valence-corrected chi connectivity index (χ4v) is 71.3. The summed E-state index contributed by atoms with van der Waals surface area (Å²) in [6, 6.07) is 22.6. The summed E-state index contributed by atoms with van der Waals surface area (Å²) >= 11 is -4.34. The number of nitrogens with zero attached hydrogens (tertiary/aromatic N) is 2. The number of hydrogen-bond donors (Lipinski definition) is 0. The molecular formula is C44H52Cl2Hf2N2Si2. The van der Waals surface area contributed by atoms with Crippen molar-refractivity contribution < 1.29 is 66.0 Å². The van der Waals surface area contributed by atoms with Crippen LogP contribution in [0.15, 0.2) is 198 Å². The van der Waals surface area contributed by atoms with E-state index in [2.05, 4.69) is 193 Å². The molecular weight excluding hydrogens is 1040 g/mol. The first kappa shape index (κ1) is 44.4. The van der Waals surface area contributed by atoms with Gasteiger partial charge in [-0.3, -0.25) is 0 Å². The molecule has 0 N–H and O–H groups in total. The van der Waals surface area contributed by atoms with Crippen molar-refractivity contribution in [1.29, 1.82) is 0 Å². The summed E-state index contributed by atoms with van der Waals surface area (Å²) in [5, 5.41) is 3.18. The van der Waals surface area contributed by atoms with Gasteiger partial charge in [0.15, 0.2) is 0 Å². The van der Waals surface area contributed by atoms with Crippen LogP contribution in [0.25, 0.3) is 0 Å². The predicted molar refractivity (Wildman–Crippen MR) is 218 cm³/mol. The Morgan fingerprint density at radius 3 is 0.942 bits per heavy atom. The van der Waals surface area contributed by atoms with E-state index in [1.807, 2.05) is 0 Å².